The number of hydrogen-bond acceptors (Lipinski definition) is 3. The van der Waals surface area contributed by atoms with Gasteiger partial charge in [-0.25, -0.2) is 4.39 Å². The molecule has 18 heavy (non-hydrogen) atoms. The van der Waals surface area contributed by atoms with Crippen LogP contribution in [0.2, 0.25) is 0 Å². The van der Waals surface area contributed by atoms with Crippen LogP contribution in [0.25, 0.3) is 0 Å². The lowest BCUT2D eigenvalue weighted by molar-refractivity contribution is -0.126. The van der Waals surface area contributed by atoms with Gasteiger partial charge < -0.3 is 9.53 Å². The van der Waals surface area contributed by atoms with Crippen LogP contribution >= 0.6 is 0 Å². The number of carbonyl (C=O) groups is 2. The number of benzene rings is 1. The number of methoxy groups -OCH3 is 1. The Morgan fingerprint density at radius 2 is 2.28 bits per heavy atom. The highest BCUT2D eigenvalue weighted by Crippen LogP contribution is 2.11. The quantitative estimate of drug-likeness (QED) is 0.666. The largest absolute Gasteiger partial charge is 0.384 e. The van der Waals surface area contributed by atoms with Crippen LogP contribution in [0, 0.1) is 11.7 Å². The first kappa shape index (κ1) is 14.5. The smallest absolute Gasteiger partial charge is 0.139 e. The van der Waals surface area contributed by atoms with E-state index in [4.69, 9.17) is 4.74 Å². The molecular weight excluding hydrogens is 235 g/mol. The Hall–Kier alpha value is -1.55. The van der Waals surface area contributed by atoms with Gasteiger partial charge in [0.25, 0.3) is 0 Å². The van der Waals surface area contributed by atoms with Crippen molar-refractivity contribution in [2.45, 2.75) is 19.3 Å². The van der Waals surface area contributed by atoms with Crippen molar-refractivity contribution in [3.8, 4) is 0 Å². The van der Waals surface area contributed by atoms with Gasteiger partial charge >= 0.3 is 0 Å². The lowest BCUT2D eigenvalue weighted by Crippen LogP contribution is -2.20. The summed E-state index contributed by atoms with van der Waals surface area (Å²) in [4.78, 5) is 22.3. The van der Waals surface area contributed by atoms with Gasteiger partial charge in [0, 0.05) is 25.9 Å². The third-order valence-electron chi connectivity index (χ3n) is 2.75. The fraction of sp³-hybridized carbons (Fsp3) is 0.429. The summed E-state index contributed by atoms with van der Waals surface area (Å²) in [5, 5.41) is 0. The van der Waals surface area contributed by atoms with Crippen LogP contribution in [0.1, 0.15) is 18.4 Å². The number of rotatable bonds is 8. The van der Waals surface area contributed by atoms with Crippen LogP contribution in [-0.2, 0) is 20.7 Å². The molecule has 0 amide bonds. The molecule has 0 saturated carbocycles. The van der Waals surface area contributed by atoms with Crippen molar-refractivity contribution in [3.63, 3.8) is 0 Å². The van der Waals surface area contributed by atoms with Crippen LogP contribution in [0.3, 0.4) is 0 Å². The topological polar surface area (TPSA) is 43.4 Å². The normalized spacial score (nSPS) is 12.1. The van der Waals surface area contributed by atoms with Gasteiger partial charge in [0.1, 0.15) is 17.9 Å². The first-order valence-electron chi connectivity index (χ1n) is 5.87. The van der Waals surface area contributed by atoms with Gasteiger partial charge in [-0.1, -0.05) is 12.1 Å². The van der Waals surface area contributed by atoms with E-state index < -0.39 is 0 Å². The van der Waals surface area contributed by atoms with E-state index in [2.05, 4.69) is 0 Å². The molecule has 4 heteroatoms. The van der Waals surface area contributed by atoms with Gasteiger partial charge in [-0.2, -0.15) is 0 Å². The summed E-state index contributed by atoms with van der Waals surface area (Å²) in [6, 6.07) is 6.18. The van der Waals surface area contributed by atoms with Crippen molar-refractivity contribution in [1.29, 1.82) is 0 Å². The molecule has 1 aromatic rings. The van der Waals surface area contributed by atoms with E-state index in [1.165, 1.54) is 19.2 Å². The molecule has 1 rings (SSSR count). The van der Waals surface area contributed by atoms with Crippen LogP contribution in [0.4, 0.5) is 4.39 Å². The predicted molar refractivity (Wildman–Crippen MR) is 65.8 cm³/mol. The van der Waals surface area contributed by atoms with E-state index in [9.17, 15) is 14.0 Å². The van der Waals surface area contributed by atoms with Gasteiger partial charge in [0.2, 0.25) is 0 Å². The number of carbonyl (C=O) groups excluding carboxylic acids is 2. The lowest BCUT2D eigenvalue weighted by Gasteiger charge is -2.11. The zero-order chi connectivity index (χ0) is 13.4. The summed E-state index contributed by atoms with van der Waals surface area (Å²) < 4.78 is 17.8. The molecule has 0 aliphatic carbocycles. The molecule has 1 aromatic carbocycles. The second kappa shape index (κ2) is 7.71. The maximum atomic E-state index is 12.9. The third-order valence-corrected chi connectivity index (χ3v) is 2.75. The molecule has 0 aliphatic rings. The molecule has 0 bridgehead atoms. The highest BCUT2D eigenvalue weighted by molar-refractivity contribution is 5.83. The summed E-state index contributed by atoms with van der Waals surface area (Å²) >= 11 is 0. The van der Waals surface area contributed by atoms with E-state index >= 15 is 0 Å². The van der Waals surface area contributed by atoms with Crippen molar-refractivity contribution in [2.75, 3.05) is 13.7 Å². The van der Waals surface area contributed by atoms with Gasteiger partial charge in [0.05, 0.1) is 6.61 Å². The Kier molecular flexibility index (Phi) is 6.22. The zero-order valence-corrected chi connectivity index (χ0v) is 10.4. The molecule has 0 fully saturated rings. The van der Waals surface area contributed by atoms with Crippen LogP contribution in [0.15, 0.2) is 24.3 Å². The number of aldehydes is 1. The Balaban J connectivity index is 2.50. The number of halogens is 1. The molecule has 0 heterocycles. The number of aryl methyl sites for hydroxylation is 1. The van der Waals surface area contributed by atoms with Gasteiger partial charge in [0.15, 0.2) is 0 Å². The van der Waals surface area contributed by atoms with Crippen LogP contribution in [-0.4, -0.2) is 25.8 Å². The van der Waals surface area contributed by atoms with Crippen molar-refractivity contribution in [3.05, 3.63) is 35.6 Å². The van der Waals surface area contributed by atoms with Crippen LogP contribution in [0.5, 0.6) is 0 Å². The molecule has 1 unspecified atom stereocenters. The highest BCUT2D eigenvalue weighted by Gasteiger charge is 2.17. The number of Topliss-reactive ketones (excluding diaryl/α,β-unsaturated/α-hetero) is 1. The Morgan fingerprint density at radius 3 is 2.89 bits per heavy atom. The second-order valence-electron chi connectivity index (χ2n) is 4.15. The van der Waals surface area contributed by atoms with Crippen LogP contribution < -0.4 is 0 Å². The minimum atomic E-state index is -0.388. The molecule has 0 aliphatic heterocycles. The summed E-state index contributed by atoms with van der Waals surface area (Å²) in [7, 11) is 1.50. The van der Waals surface area contributed by atoms with Crippen molar-refractivity contribution >= 4 is 12.1 Å². The molecule has 0 N–H and O–H groups in total. The number of ether oxygens (including phenoxy) is 1. The van der Waals surface area contributed by atoms with E-state index in [-0.39, 0.29) is 30.5 Å². The molecule has 1 atom stereocenters. The molecule has 0 radical (unpaired) electrons. The Bertz CT molecular complexity index is 404. The summed E-state index contributed by atoms with van der Waals surface area (Å²) in [6.07, 6.45) is 1.68. The molecule has 98 valence electrons. The first-order valence-corrected chi connectivity index (χ1v) is 5.87. The fourth-order valence-electron chi connectivity index (χ4n) is 1.77. The third kappa shape index (κ3) is 4.75. The minimum Gasteiger partial charge on any atom is -0.384 e. The first-order chi connectivity index (χ1) is 8.67. The maximum absolute atomic E-state index is 12.9. The van der Waals surface area contributed by atoms with Gasteiger partial charge in [-0.3, -0.25) is 4.79 Å². The number of ketones is 1. The van der Waals surface area contributed by atoms with Crippen molar-refractivity contribution in [1.82, 2.24) is 0 Å². The summed E-state index contributed by atoms with van der Waals surface area (Å²) in [6.45, 7) is 0.251. The van der Waals surface area contributed by atoms with E-state index in [0.717, 1.165) is 11.8 Å². The zero-order valence-electron chi connectivity index (χ0n) is 10.4. The Labute approximate surface area is 106 Å². The summed E-state index contributed by atoms with van der Waals surface area (Å²) in [5.41, 5.74) is 0.783. The van der Waals surface area contributed by atoms with E-state index in [1.54, 1.807) is 12.1 Å². The molecule has 0 spiro atoms. The molecule has 0 saturated heterocycles. The monoisotopic (exact) mass is 252 g/mol. The molecule has 3 nitrogen and oxygen atoms in total. The van der Waals surface area contributed by atoms with Crippen molar-refractivity contribution in [2.24, 2.45) is 5.92 Å². The predicted octanol–water partition coefficient (Wildman–Crippen LogP) is 2.18. The SMILES string of the molecule is COCC(CC=O)C(=O)CCc1cccc(F)c1. The lowest BCUT2D eigenvalue weighted by atomic mass is 9.96. The average Bonchev–Trinajstić information content (AvgIpc) is 2.36. The summed E-state index contributed by atoms with van der Waals surface area (Å²) in [5.74, 6) is -0.712. The number of hydrogen-bond donors (Lipinski definition) is 0. The van der Waals surface area contributed by atoms with E-state index in [0.29, 0.717) is 12.8 Å². The fourth-order valence-corrected chi connectivity index (χ4v) is 1.77. The average molecular weight is 252 g/mol. The molecule has 0 aromatic heterocycles. The van der Waals surface area contributed by atoms with E-state index in [1.807, 2.05) is 0 Å². The highest BCUT2D eigenvalue weighted by atomic mass is 19.1. The molecular formula is C14H17FO3. The second-order valence-corrected chi connectivity index (χ2v) is 4.15. The Morgan fingerprint density at radius 1 is 1.50 bits per heavy atom. The standard InChI is InChI=1S/C14H17FO3/c1-18-10-12(7-8-16)14(17)6-5-11-3-2-4-13(15)9-11/h2-4,8-9,12H,5-7,10H2,1H3. The minimum absolute atomic E-state index is 0.0202. The van der Waals surface area contributed by atoms with Gasteiger partial charge in [-0.15, -0.1) is 0 Å². The maximum Gasteiger partial charge on any atom is 0.139 e. The van der Waals surface area contributed by atoms with Gasteiger partial charge in [-0.05, 0) is 24.1 Å². The van der Waals surface area contributed by atoms with Crippen molar-refractivity contribution < 1.29 is 18.7 Å².